The Hall–Kier alpha value is -1.92. The largest absolute Gasteiger partial charge is 0.480 e. The molecule has 0 aromatic carbocycles. The molecule has 1 amide bonds. The molecule has 17 heavy (non-hydrogen) atoms. The van der Waals surface area contributed by atoms with Crippen LogP contribution in [0.4, 0.5) is 0 Å². The molecule has 0 fully saturated rings. The number of amides is 1. The summed E-state index contributed by atoms with van der Waals surface area (Å²) in [6, 6.07) is 0. The second kappa shape index (κ2) is 5.97. The minimum absolute atomic E-state index is 0.171. The summed E-state index contributed by atoms with van der Waals surface area (Å²) in [5.74, 6) is -1.26. The van der Waals surface area contributed by atoms with Gasteiger partial charge in [-0.1, -0.05) is 18.6 Å². The summed E-state index contributed by atoms with van der Waals surface area (Å²) in [6.07, 6.45) is 3.27. The number of unbranched alkanes of at least 4 members (excludes halogenated alkanes) is 1. The van der Waals surface area contributed by atoms with Crippen molar-refractivity contribution >= 4 is 11.9 Å². The lowest BCUT2D eigenvalue weighted by Gasteiger charge is -2.14. The maximum atomic E-state index is 11.8. The molecule has 0 spiro atoms. The molecule has 1 N–H and O–H groups in total. The van der Waals surface area contributed by atoms with Crippen LogP contribution >= 0.6 is 0 Å². The zero-order valence-electron chi connectivity index (χ0n) is 9.96. The van der Waals surface area contributed by atoms with E-state index in [2.05, 4.69) is 10.3 Å². The molecule has 1 rings (SSSR count). The Morgan fingerprint density at radius 3 is 2.82 bits per heavy atom. The topological polar surface area (TPSA) is 88.3 Å². The molecule has 0 radical (unpaired) electrons. The van der Waals surface area contributed by atoms with Crippen molar-refractivity contribution in [1.29, 1.82) is 0 Å². The van der Waals surface area contributed by atoms with Gasteiger partial charge in [-0.3, -0.25) is 9.59 Å². The van der Waals surface area contributed by atoms with Crippen LogP contribution in [-0.2, 0) is 11.3 Å². The van der Waals surface area contributed by atoms with E-state index in [1.54, 1.807) is 11.9 Å². The van der Waals surface area contributed by atoms with Crippen molar-refractivity contribution in [1.82, 2.24) is 19.9 Å². The predicted molar refractivity (Wildman–Crippen MR) is 59.5 cm³/mol. The summed E-state index contributed by atoms with van der Waals surface area (Å²) in [6.45, 7) is 2.40. The molecule has 7 nitrogen and oxygen atoms in total. The molecule has 0 aliphatic heterocycles. The number of aliphatic carboxylic acids is 1. The maximum absolute atomic E-state index is 11.8. The first-order valence-corrected chi connectivity index (χ1v) is 5.42. The Kier molecular flexibility index (Phi) is 4.62. The summed E-state index contributed by atoms with van der Waals surface area (Å²) in [5.41, 5.74) is 0.171. The van der Waals surface area contributed by atoms with Crippen LogP contribution in [0.15, 0.2) is 6.20 Å². The van der Waals surface area contributed by atoms with E-state index < -0.39 is 5.97 Å². The van der Waals surface area contributed by atoms with Crippen molar-refractivity contribution in [2.24, 2.45) is 0 Å². The van der Waals surface area contributed by atoms with Crippen LogP contribution in [-0.4, -0.2) is 50.5 Å². The average molecular weight is 240 g/mol. The quantitative estimate of drug-likeness (QED) is 0.769. The molecule has 0 bridgehead atoms. The fourth-order valence-electron chi connectivity index (χ4n) is 1.30. The van der Waals surface area contributed by atoms with Gasteiger partial charge in [0.05, 0.1) is 6.20 Å². The highest BCUT2D eigenvalue weighted by atomic mass is 16.4. The van der Waals surface area contributed by atoms with Crippen LogP contribution in [0.3, 0.4) is 0 Å². The summed E-state index contributed by atoms with van der Waals surface area (Å²) in [5, 5.41) is 15.8. The molecule has 0 aliphatic carbocycles. The lowest BCUT2D eigenvalue weighted by Crippen LogP contribution is -2.28. The number of carboxylic acids is 1. The van der Waals surface area contributed by atoms with Gasteiger partial charge in [0.25, 0.3) is 5.91 Å². The van der Waals surface area contributed by atoms with Crippen molar-refractivity contribution in [3.8, 4) is 0 Å². The number of aromatic nitrogens is 3. The van der Waals surface area contributed by atoms with E-state index in [1.807, 2.05) is 6.92 Å². The van der Waals surface area contributed by atoms with Crippen molar-refractivity contribution in [3.63, 3.8) is 0 Å². The third-order valence-corrected chi connectivity index (χ3v) is 2.25. The second-order valence-corrected chi connectivity index (χ2v) is 3.78. The number of hydrogen-bond donors (Lipinski definition) is 1. The van der Waals surface area contributed by atoms with Gasteiger partial charge in [0.1, 0.15) is 6.54 Å². The minimum atomic E-state index is -1.02. The van der Waals surface area contributed by atoms with Gasteiger partial charge in [-0.15, -0.1) is 5.10 Å². The predicted octanol–water partition coefficient (Wildman–Crippen LogP) is 0.235. The standard InChI is InChI=1S/C10H16N4O3/c1-3-4-5-13(2)10(17)8-6-14(12-11-8)7-9(15)16/h6H,3-5,7H2,1-2H3,(H,15,16). The van der Waals surface area contributed by atoms with E-state index >= 15 is 0 Å². The highest BCUT2D eigenvalue weighted by Crippen LogP contribution is 2.01. The van der Waals surface area contributed by atoms with E-state index in [-0.39, 0.29) is 18.1 Å². The Balaban J connectivity index is 2.62. The van der Waals surface area contributed by atoms with Gasteiger partial charge in [-0.2, -0.15) is 0 Å². The Bertz CT molecular complexity index is 402. The molecule has 0 atom stereocenters. The zero-order chi connectivity index (χ0) is 12.8. The van der Waals surface area contributed by atoms with Crippen LogP contribution in [0, 0.1) is 0 Å². The van der Waals surface area contributed by atoms with Gasteiger partial charge >= 0.3 is 5.97 Å². The number of hydrogen-bond acceptors (Lipinski definition) is 4. The van der Waals surface area contributed by atoms with Crippen LogP contribution < -0.4 is 0 Å². The molecule has 0 aliphatic rings. The third kappa shape index (κ3) is 3.86. The number of carboxylic acid groups (broad SMARTS) is 1. The molecule has 0 saturated carbocycles. The van der Waals surface area contributed by atoms with Crippen molar-refractivity contribution in [3.05, 3.63) is 11.9 Å². The molecule has 94 valence electrons. The number of nitrogens with zero attached hydrogens (tertiary/aromatic N) is 4. The molecular weight excluding hydrogens is 224 g/mol. The molecule has 1 aromatic heterocycles. The third-order valence-electron chi connectivity index (χ3n) is 2.25. The van der Waals surface area contributed by atoms with Crippen LogP contribution in [0.1, 0.15) is 30.3 Å². The Labute approximate surface area is 99.0 Å². The smallest absolute Gasteiger partial charge is 0.325 e. The molecule has 1 aromatic rings. The highest BCUT2D eigenvalue weighted by Gasteiger charge is 2.15. The van der Waals surface area contributed by atoms with Crippen LogP contribution in [0.25, 0.3) is 0 Å². The first kappa shape index (κ1) is 13.1. The van der Waals surface area contributed by atoms with Crippen LogP contribution in [0.5, 0.6) is 0 Å². The summed E-state index contributed by atoms with van der Waals surface area (Å²) in [4.78, 5) is 23.8. The first-order valence-electron chi connectivity index (χ1n) is 5.42. The molecule has 7 heteroatoms. The second-order valence-electron chi connectivity index (χ2n) is 3.78. The van der Waals surface area contributed by atoms with E-state index in [4.69, 9.17) is 5.11 Å². The summed E-state index contributed by atoms with van der Waals surface area (Å²) in [7, 11) is 1.69. The Morgan fingerprint density at radius 1 is 1.53 bits per heavy atom. The van der Waals surface area contributed by atoms with Gasteiger partial charge in [-0.25, -0.2) is 4.68 Å². The fraction of sp³-hybridized carbons (Fsp3) is 0.600. The number of carbonyl (C=O) groups excluding carboxylic acids is 1. The minimum Gasteiger partial charge on any atom is -0.480 e. The monoisotopic (exact) mass is 240 g/mol. The van der Waals surface area contributed by atoms with Gasteiger partial charge in [0.2, 0.25) is 0 Å². The first-order chi connectivity index (χ1) is 8.04. The molecule has 1 heterocycles. The fourth-order valence-corrected chi connectivity index (χ4v) is 1.30. The van der Waals surface area contributed by atoms with Gasteiger partial charge < -0.3 is 10.0 Å². The van der Waals surface area contributed by atoms with Crippen LogP contribution in [0.2, 0.25) is 0 Å². The van der Waals surface area contributed by atoms with Crippen molar-refractivity contribution < 1.29 is 14.7 Å². The van der Waals surface area contributed by atoms with Crippen molar-refractivity contribution in [2.45, 2.75) is 26.3 Å². The summed E-state index contributed by atoms with van der Waals surface area (Å²) < 4.78 is 1.13. The maximum Gasteiger partial charge on any atom is 0.325 e. The van der Waals surface area contributed by atoms with E-state index in [9.17, 15) is 9.59 Å². The van der Waals surface area contributed by atoms with E-state index in [1.165, 1.54) is 6.20 Å². The number of carbonyl (C=O) groups is 2. The normalized spacial score (nSPS) is 10.2. The zero-order valence-corrected chi connectivity index (χ0v) is 9.96. The van der Waals surface area contributed by atoms with Crippen molar-refractivity contribution in [2.75, 3.05) is 13.6 Å². The lowest BCUT2D eigenvalue weighted by atomic mass is 10.3. The van der Waals surface area contributed by atoms with Gasteiger partial charge in [0, 0.05) is 13.6 Å². The molecule has 0 unspecified atom stereocenters. The van der Waals surface area contributed by atoms with E-state index in [0.717, 1.165) is 17.5 Å². The molecule has 0 saturated heterocycles. The number of rotatable bonds is 6. The average Bonchev–Trinajstić information content (AvgIpc) is 2.72. The van der Waals surface area contributed by atoms with Gasteiger partial charge in [0.15, 0.2) is 5.69 Å². The van der Waals surface area contributed by atoms with Gasteiger partial charge in [-0.05, 0) is 6.42 Å². The lowest BCUT2D eigenvalue weighted by molar-refractivity contribution is -0.137. The van der Waals surface area contributed by atoms with E-state index in [0.29, 0.717) is 6.54 Å². The highest BCUT2D eigenvalue weighted by molar-refractivity contribution is 5.91. The summed E-state index contributed by atoms with van der Waals surface area (Å²) >= 11 is 0. The Morgan fingerprint density at radius 2 is 2.24 bits per heavy atom. The molecular formula is C10H16N4O3. The SMILES string of the molecule is CCCCN(C)C(=O)c1cn(CC(=O)O)nn1.